The van der Waals surface area contributed by atoms with E-state index in [0.29, 0.717) is 47.2 Å². The van der Waals surface area contributed by atoms with Crippen LogP contribution < -0.4 is 10.6 Å². The van der Waals surface area contributed by atoms with Gasteiger partial charge in [0.15, 0.2) is 0 Å². The minimum absolute atomic E-state index is 0.110. The minimum atomic E-state index is -0.110. The van der Waals surface area contributed by atoms with Gasteiger partial charge in [-0.15, -0.1) is 0 Å². The molecule has 2 aromatic carbocycles. The van der Waals surface area contributed by atoms with E-state index in [0.717, 1.165) is 39.3 Å². The van der Waals surface area contributed by atoms with Crippen molar-refractivity contribution in [1.82, 2.24) is 20.4 Å². The van der Waals surface area contributed by atoms with Gasteiger partial charge in [0.25, 0.3) is 11.8 Å². The van der Waals surface area contributed by atoms with Crippen LogP contribution in [0.4, 0.5) is 0 Å². The van der Waals surface area contributed by atoms with Crippen molar-refractivity contribution in [1.29, 1.82) is 10.5 Å². The highest BCUT2D eigenvalue weighted by Crippen LogP contribution is 2.28. The zero-order chi connectivity index (χ0) is 24.6. The highest BCUT2D eigenvalue weighted by Gasteiger charge is 2.33. The smallest absolute Gasteiger partial charge is 0.251 e. The lowest BCUT2D eigenvalue weighted by atomic mass is 9.84. The van der Waals surface area contributed by atoms with Gasteiger partial charge < -0.3 is 20.4 Å². The van der Waals surface area contributed by atoms with Crippen molar-refractivity contribution >= 4 is 11.8 Å². The predicted octanol–water partition coefficient (Wildman–Crippen LogP) is 1.84. The molecule has 2 aliphatic heterocycles. The lowest BCUT2D eigenvalue weighted by Crippen LogP contribution is -2.54. The number of piperidine rings is 2. The zero-order valence-electron chi connectivity index (χ0n) is 19.7. The van der Waals surface area contributed by atoms with Gasteiger partial charge >= 0.3 is 0 Å². The Bertz CT molecular complexity index is 1010. The molecule has 2 saturated heterocycles. The van der Waals surface area contributed by atoms with Crippen LogP contribution in [0, 0.1) is 34.5 Å². The molecular formula is C27H30N6O2. The predicted molar refractivity (Wildman–Crippen MR) is 131 cm³/mol. The molecule has 2 aromatic rings. The quantitative estimate of drug-likeness (QED) is 0.609. The average Bonchev–Trinajstić information content (AvgIpc) is 2.88. The van der Waals surface area contributed by atoms with Gasteiger partial charge in [0.1, 0.15) is 0 Å². The first-order valence-electron chi connectivity index (χ1n) is 12.1. The van der Waals surface area contributed by atoms with Crippen LogP contribution in [0.5, 0.6) is 0 Å². The third kappa shape index (κ3) is 6.66. The summed E-state index contributed by atoms with van der Waals surface area (Å²) in [5, 5.41) is 23.7. The number of hydrogen-bond acceptors (Lipinski definition) is 6. The molecule has 0 radical (unpaired) electrons. The molecule has 0 aliphatic carbocycles. The van der Waals surface area contributed by atoms with Gasteiger partial charge in [-0.3, -0.25) is 9.59 Å². The summed E-state index contributed by atoms with van der Waals surface area (Å²) >= 11 is 0. The van der Waals surface area contributed by atoms with E-state index >= 15 is 0 Å². The molecule has 0 unspecified atom stereocenters. The Morgan fingerprint density at radius 1 is 0.714 bits per heavy atom. The maximum Gasteiger partial charge on any atom is 0.251 e. The van der Waals surface area contributed by atoms with E-state index in [1.807, 2.05) is 0 Å². The number of nitriles is 2. The number of benzene rings is 2. The van der Waals surface area contributed by atoms with Crippen LogP contribution in [0.15, 0.2) is 48.5 Å². The van der Waals surface area contributed by atoms with Crippen LogP contribution in [0.2, 0.25) is 0 Å². The van der Waals surface area contributed by atoms with E-state index < -0.39 is 0 Å². The normalized spacial score (nSPS) is 19.8. The summed E-state index contributed by atoms with van der Waals surface area (Å²) < 4.78 is 0. The average molecular weight is 471 g/mol. The van der Waals surface area contributed by atoms with Crippen LogP contribution in [-0.4, -0.2) is 74.0 Å². The Morgan fingerprint density at radius 2 is 1.09 bits per heavy atom. The molecule has 2 fully saturated rings. The molecule has 0 aromatic heterocycles. The lowest BCUT2D eigenvalue weighted by Gasteiger charge is -2.46. The molecule has 2 aliphatic rings. The Balaban J connectivity index is 1.15. The molecule has 8 nitrogen and oxygen atoms in total. The summed E-state index contributed by atoms with van der Waals surface area (Å²) in [6, 6.07) is 17.5. The molecular weight excluding hydrogens is 440 g/mol. The second-order valence-corrected chi connectivity index (χ2v) is 9.38. The third-order valence-corrected chi connectivity index (χ3v) is 6.71. The fraction of sp³-hybridized carbons (Fsp3) is 0.407. The van der Waals surface area contributed by atoms with Gasteiger partial charge in [-0.1, -0.05) is 0 Å². The molecule has 2 amide bonds. The van der Waals surface area contributed by atoms with Crippen molar-refractivity contribution in [2.45, 2.75) is 6.42 Å². The largest absolute Gasteiger partial charge is 0.351 e. The molecule has 2 N–H and O–H groups in total. The van der Waals surface area contributed by atoms with Crippen LogP contribution in [0.3, 0.4) is 0 Å². The molecule has 2 bridgehead atoms. The van der Waals surface area contributed by atoms with Gasteiger partial charge in [-0.05, 0) is 66.8 Å². The molecule has 0 spiro atoms. The van der Waals surface area contributed by atoms with E-state index in [1.54, 1.807) is 48.5 Å². The molecule has 8 heteroatoms. The number of carbonyl (C=O) groups excluding carboxylic acids is 2. The first kappa shape index (κ1) is 24.4. The van der Waals surface area contributed by atoms with Crippen molar-refractivity contribution < 1.29 is 9.59 Å². The summed E-state index contributed by atoms with van der Waals surface area (Å²) in [4.78, 5) is 29.6. The van der Waals surface area contributed by atoms with Crippen molar-refractivity contribution in [3.05, 3.63) is 70.8 Å². The van der Waals surface area contributed by atoms with Gasteiger partial charge in [0.2, 0.25) is 0 Å². The molecule has 0 saturated carbocycles. The standard InChI is InChI=1S/C27H30N6O2/c28-14-20-1-5-24(6-2-20)26(34)30-9-11-32-16-22-13-23(17-32)19-33(18-22)12-10-31-27(35)25-7-3-21(15-29)4-8-25/h1-8,22-23H,9-13,16-19H2,(H,30,34)(H,31,35). The van der Waals surface area contributed by atoms with Crippen molar-refractivity contribution in [3.63, 3.8) is 0 Å². The van der Waals surface area contributed by atoms with E-state index in [9.17, 15) is 9.59 Å². The Labute approximate surface area is 206 Å². The van der Waals surface area contributed by atoms with Gasteiger partial charge in [0, 0.05) is 63.5 Å². The lowest BCUT2D eigenvalue weighted by molar-refractivity contribution is 0.0323. The first-order chi connectivity index (χ1) is 17.0. The van der Waals surface area contributed by atoms with Crippen LogP contribution in [0.25, 0.3) is 0 Å². The third-order valence-electron chi connectivity index (χ3n) is 6.71. The Morgan fingerprint density at radius 3 is 1.43 bits per heavy atom. The Kier molecular flexibility index (Phi) is 8.10. The zero-order valence-corrected chi connectivity index (χ0v) is 19.7. The van der Waals surface area contributed by atoms with Gasteiger partial charge in [0.05, 0.1) is 23.3 Å². The summed E-state index contributed by atoms with van der Waals surface area (Å²) in [7, 11) is 0. The summed E-state index contributed by atoms with van der Waals surface area (Å²) in [6.45, 7) is 6.96. The number of nitrogens with one attached hydrogen (secondary N) is 2. The summed E-state index contributed by atoms with van der Waals surface area (Å²) in [6.07, 6.45) is 1.24. The van der Waals surface area contributed by atoms with Crippen LogP contribution in [0.1, 0.15) is 38.3 Å². The Hall–Kier alpha value is -3.72. The van der Waals surface area contributed by atoms with E-state index in [-0.39, 0.29) is 11.8 Å². The van der Waals surface area contributed by atoms with Crippen molar-refractivity contribution in [3.8, 4) is 12.1 Å². The number of likely N-dealkylation sites (tertiary alicyclic amines) is 2. The monoisotopic (exact) mass is 470 g/mol. The van der Waals surface area contributed by atoms with E-state index in [1.165, 1.54) is 6.42 Å². The number of nitrogens with zero attached hydrogens (tertiary/aromatic N) is 4. The number of rotatable bonds is 8. The molecule has 35 heavy (non-hydrogen) atoms. The molecule has 2 heterocycles. The summed E-state index contributed by atoms with van der Waals surface area (Å²) in [5.41, 5.74) is 2.23. The van der Waals surface area contributed by atoms with E-state index in [4.69, 9.17) is 10.5 Å². The maximum absolute atomic E-state index is 12.3. The first-order valence-corrected chi connectivity index (χ1v) is 12.1. The number of carbonyl (C=O) groups is 2. The number of fused-ring (bicyclic) bond motifs is 2. The van der Waals surface area contributed by atoms with Crippen molar-refractivity contribution in [2.75, 3.05) is 52.4 Å². The fourth-order valence-electron chi connectivity index (χ4n) is 5.11. The van der Waals surface area contributed by atoms with E-state index in [2.05, 4.69) is 32.6 Å². The topological polar surface area (TPSA) is 112 Å². The van der Waals surface area contributed by atoms with Crippen LogP contribution >= 0.6 is 0 Å². The SMILES string of the molecule is N#Cc1ccc(C(=O)NCCN2CC3CC(C2)CN(CCNC(=O)c2ccc(C#N)cc2)C3)cc1. The van der Waals surface area contributed by atoms with Crippen LogP contribution in [-0.2, 0) is 0 Å². The molecule has 0 atom stereocenters. The highest BCUT2D eigenvalue weighted by molar-refractivity contribution is 5.94. The number of amides is 2. The van der Waals surface area contributed by atoms with Gasteiger partial charge in [-0.2, -0.15) is 10.5 Å². The maximum atomic E-state index is 12.3. The minimum Gasteiger partial charge on any atom is -0.351 e. The highest BCUT2D eigenvalue weighted by atomic mass is 16.2. The number of hydrogen-bond donors (Lipinski definition) is 2. The van der Waals surface area contributed by atoms with Gasteiger partial charge in [-0.25, -0.2) is 0 Å². The second kappa shape index (κ2) is 11.6. The second-order valence-electron chi connectivity index (χ2n) is 9.38. The van der Waals surface area contributed by atoms with Crippen molar-refractivity contribution in [2.24, 2.45) is 11.8 Å². The summed E-state index contributed by atoms with van der Waals surface area (Å²) in [5.74, 6) is 0.985. The molecule has 180 valence electrons. The fourth-order valence-corrected chi connectivity index (χ4v) is 5.11. The molecule has 4 rings (SSSR count).